The molecule has 1 unspecified atom stereocenters. The molecule has 36 heavy (non-hydrogen) atoms. The van der Waals surface area contributed by atoms with Gasteiger partial charge in [0.05, 0.1) is 34.8 Å². The Kier molecular flexibility index (Phi) is 3.92. The minimum atomic E-state index is -0.860. The third-order valence-corrected chi connectivity index (χ3v) is 9.09. The van der Waals surface area contributed by atoms with Crippen molar-refractivity contribution in [2.45, 2.75) is 43.9 Å². The van der Waals surface area contributed by atoms with E-state index in [1.54, 1.807) is 0 Å². The molecule has 0 spiro atoms. The molecule has 8 rings (SSSR count). The second kappa shape index (κ2) is 6.75. The second-order valence-electron chi connectivity index (χ2n) is 10.7. The van der Waals surface area contributed by atoms with Crippen LogP contribution in [-0.4, -0.2) is 44.8 Å². The smallest absolute Gasteiger partial charge is 0.166 e. The lowest BCUT2D eigenvalue weighted by atomic mass is 9.84. The molecule has 0 amide bonds. The van der Waals surface area contributed by atoms with Gasteiger partial charge in [0.15, 0.2) is 11.5 Å². The average Bonchev–Trinajstić information content (AvgIpc) is 3.48. The molecule has 2 bridgehead atoms. The van der Waals surface area contributed by atoms with Gasteiger partial charge < -0.3 is 29.4 Å². The van der Waals surface area contributed by atoms with Crippen LogP contribution in [0.3, 0.4) is 0 Å². The summed E-state index contributed by atoms with van der Waals surface area (Å²) in [5.74, 6) is -0.219. The van der Waals surface area contributed by atoms with E-state index in [1.807, 2.05) is 31.3 Å². The summed E-state index contributed by atoms with van der Waals surface area (Å²) < 4.78 is 11.5. The highest BCUT2D eigenvalue weighted by Crippen LogP contribution is 2.56. The maximum absolute atomic E-state index is 13.5. The summed E-state index contributed by atoms with van der Waals surface area (Å²) in [6, 6.07) is 16.4. The molecule has 1 fully saturated rings. The van der Waals surface area contributed by atoms with E-state index in [0.717, 1.165) is 49.2 Å². The van der Waals surface area contributed by atoms with E-state index in [2.05, 4.69) is 45.6 Å². The first kappa shape index (κ1) is 20.9. The second-order valence-corrected chi connectivity index (χ2v) is 10.7. The highest BCUT2D eigenvalue weighted by molar-refractivity contribution is 6.31. The molecule has 3 aromatic carbocycles. The Labute approximate surface area is 206 Å². The van der Waals surface area contributed by atoms with Gasteiger partial charge in [-0.2, -0.15) is 0 Å². The van der Waals surface area contributed by atoms with Crippen LogP contribution in [0.2, 0.25) is 0 Å². The SMILES string of the molecule is CNC1C[C@H]2O[C@@](C)([C@@H]1CO)n1c3ccccc3c3c4c(c5c6ccccc6n2c5c31)C(=O)C[C@H]4O. The number of aromatic nitrogens is 2. The Morgan fingerprint density at radius 1 is 1.06 bits per heavy atom. The predicted octanol–water partition coefficient (Wildman–Crippen LogP) is 4.32. The molecule has 2 aromatic heterocycles. The topological polar surface area (TPSA) is 88.6 Å². The summed E-state index contributed by atoms with van der Waals surface area (Å²) >= 11 is 0. The van der Waals surface area contributed by atoms with E-state index >= 15 is 0 Å². The van der Waals surface area contributed by atoms with Crippen molar-refractivity contribution in [2.24, 2.45) is 5.92 Å². The quantitative estimate of drug-likeness (QED) is 0.349. The van der Waals surface area contributed by atoms with E-state index in [9.17, 15) is 15.0 Å². The van der Waals surface area contributed by atoms with Gasteiger partial charge in [-0.15, -0.1) is 0 Å². The minimum absolute atomic E-state index is 0.0135. The first-order valence-corrected chi connectivity index (χ1v) is 12.7. The standard InChI is InChI=1S/C29H27N3O4/c1-29-16(13-33)17(30-2)11-22(36-29)31-18-9-5-3-7-14(18)23-25-20(34)12-21(35)26(25)24-15-8-4-6-10-19(15)32(29)28(24)27(23)31/h3-10,16-17,21-22,30,33,35H,11-13H2,1-2H3/t16-,17?,21-,22-,29+/m1/s1. The van der Waals surface area contributed by atoms with E-state index in [-0.39, 0.29) is 37.0 Å². The summed E-state index contributed by atoms with van der Waals surface area (Å²) in [5, 5.41) is 29.2. The van der Waals surface area contributed by atoms with Crippen molar-refractivity contribution in [1.82, 2.24) is 14.5 Å². The Morgan fingerprint density at radius 2 is 1.75 bits per heavy atom. The molecule has 3 N–H and O–H groups in total. The Balaban J connectivity index is 1.73. The number of carbonyl (C=O) groups excluding carboxylic acids is 1. The van der Waals surface area contributed by atoms with Crippen molar-refractivity contribution in [1.29, 1.82) is 0 Å². The van der Waals surface area contributed by atoms with E-state index < -0.39 is 11.8 Å². The lowest BCUT2D eigenvalue weighted by Crippen LogP contribution is -2.56. The Hall–Kier alpha value is -3.23. The summed E-state index contributed by atoms with van der Waals surface area (Å²) in [6.45, 7) is 2.04. The highest BCUT2D eigenvalue weighted by atomic mass is 16.5. The van der Waals surface area contributed by atoms with Gasteiger partial charge in [0.25, 0.3) is 0 Å². The molecular formula is C29H27N3O4. The van der Waals surface area contributed by atoms with E-state index in [1.165, 1.54) is 0 Å². The number of benzene rings is 3. The maximum atomic E-state index is 13.5. The highest BCUT2D eigenvalue weighted by Gasteiger charge is 2.52. The molecule has 182 valence electrons. The van der Waals surface area contributed by atoms with Crippen LogP contribution in [0.1, 0.15) is 48.0 Å². The third kappa shape index (κ3) is 2.18. The van der Waals surface area contributed by atoms with E-state index in [0.29, 0.717) is 12.0 Å². The lowest BCUT2D eigenvalue weighted by molar-refractivity contribution is -0.234. The number of para-hydroxylation sites is 2. The molecule has 1 saturated heterocycles. The molecule has 5 aromatic rings. The van der Waals surface area contributed by atoms with Crippen molar-refractivity contribution in [3.05, 3.63) is 59.7 Å². The van der Waals surface area contributed by atoms with Gasteiger partial charge in [-0.25, -0.2) is 0 Å². The van der Waals surface area contributed by atoms with Crippen molar-refractivity contribution >= 4 is 49.4 Å². The largest absolute Gasteiger partial charge is 0.396 e. The summed E-state index contributed by atoms with van der Waals surface area (Å²) in [6.07, 6.45) is -0.364. The molecule has 7 nitrogen and oxygen atoms in total. The fraction of sp³-hybridized carbons (Fsp3) is 0.345. The predicted molar refractivity (Wildman–Crippen MR) is 138 cm³/mol. The maximum Gasteiger partial charge on any atom is 0.166 e. The van der Waals surface area contributed by atoms with Crippen LogP contribution in [0.15, 0.2) is 48.5 Å². The first-order valence-electron chi connectivity index (χ1n) is 12.7. The normalized spacial score (nSPS) is 29.2. The van der Waals surface area contributed by atoms with E-state index in [4.69, 9.17) is 4.74 Å². The van der Waals surface area contributed by atoms with Crippen molar-refractivity contribution < 1.29 is 19.7 Å². The van der Waals surface area contributed by atoms with Gasteiger partial charge in [-0.05, 0) is 26.1 Å². The van der Waals surface area contributed by atoms with Crippen molar-refractivity contribution in [3.8, 4) is 0 Å². The summed E-state index contributed by atoms with van der Waals surface area (Å²) in [5.41, 5.74) is 4.45. The van der Waals surface area contributed by atoms with Gasteiger partial charge in [0.1, 0.15) is 6.23 Å². The van der Waals surface area contributed by atoms with Gasteiger partial charge in [0.2, 0.25) is 0 Å². The molecule has 0 saturated carbocycles. The van der Waals surface area contributed by atoms with Crippen LogP contribution in [0, 0.1) is 5.92 Å². The van der Waals surface area contributed by atoms with Crippen LogP contribution in [-0.2, 0) is 10.5 Å². The van der Waals surface area contributed by atoms with Crippen LogP contribution in [0.4, 0.5) is 0 Å². The molecule has 0 radical (unpaired) electrons. The Morgan fingerprint density at radius 3 is 2.47 bits per heavy atom. The molecule has 5 atom stereocenters. The fourth-order valence-electron chi connectivity index (χ4n) is 7.67. The molecular weight excluding hydrogens is 454 g/mol. The van der Waals surface area contributed by atoms with Crippen molar-refractivity contribution in [3.63, 3.8) is 0 Å². The zero-order chi connectivity index (χ0) is 24.5. The number of aliphatic hydroxyl groups excluding tert-OH is 2. The zero-order valence-corrected chi connectivity index (χ0v) is 20.2. The summed E-state index contributed by atoms with van der Waals surface area (Å²) in [7, 11) is 1.94. The number of ether oxygens (including phenoxy) is 1. The number of fused-ring (bicyclic) bond motifs is 13. The number of Topliss-reactive ketones (excluding diaryl/α,β-unsaturated/α-hetero) is 1. The number of nitrogens with zero attached hydrogens (tertiary/aromatic N) is 2. The van der Waals surface area contributed by atoms with Crippen LogP contribution >= 0.6 is 0 Å². The number of hydrogen-bond donors (Lipinski definition) is 3. The van der Waals surface area contributed by atoms with Crippen LogP contribution in [0.25, 0.3) is 43.6 Å². The number of aliphatic hydroxyl groups is 2. The van der Waals surface area contributed by atoms with Gasteiger partial charge in [-0.1, -0.05) is 36.4 Å². The number of ketones is 1. The average molecular weight is 482 g/mol. The monoisotopic (exact) mass is 481 g/mol. The Bertz CT molecular complexity index is 1780. The fourth-order valence-corrected chi connectivity index (χ4v) is 7.67. The van der Waals surface area contributed by atoms with Crippen molar-refractivity contribution in [2.75, 3.05) is 13.7 Å². The number of nitrogens with one attached hydrogen (secondary N) is 1. The molecule has 3 aliphatic rings. The number of hydrogen-bond acceptors (Lipinski definition) is 5. The summed E-state index contributed by atoms with van der Waals surface area (Å²) in [4.78, 5) is 13.5. The molecule has 1 aliphatic carbocycles. The lowest BCUT2D eigenvalue weighted by Gasteiger charge is -2.48. The third-order valence-electron chi connectivity index (χ3n) is 9.09. The van der Waals surface area contributed by atoms with Gasteiger partial charge >= 0.3 is 0 Å². The van der Waals surface area contributed by atoms with Gasteiger partial charge in [0, 0.05) is 57.5 Å². The first-order chi connectivity index (χ1) is 17.5. The molecule has 7 heteroatoms. The minimum Gasteiger partial charge on any atom is -0.396 e. The molecule has 2 aliphatic heterocycles. The van der Waals surface area contributed by atoms with Crippen LogP contribution < -0.4 is 5.32 Å². The van der Waals surface area contributed by atoms with Crippen LogP contribution in [0.5, 0.6) is 0 Å². The zero-order valence-electron chi connectivity index (χ0n) is 20.2. The molecule has 4 heterocycles. The number of carbonyl (C=O) groups is 1. The van der Waals surface area contributed by atoms with Gasteiger partial charge in [-0.3, -0.25) is 4.79 Å². The number of rotatable bonds is 2.